The Labute approximate surface area is 126 Å². The van der Waals surface area contributed by atoms with Crippen molar-refractivity contribution in [1.29, 1.82) is 0 Å². The van der Waals surface area contributed by atoms with E-state index in [2.05, 4.69) is 10.3 Å². The molecule has 0 saturated carbocycles. The first-order chi connectivity index (χ1) is 10.1. The molecule has 0 saturated heterocycles. The van der Waals surface area contributed by atoms with Crippen LogP contribution < -0.4 is 15.8 Å². The maximum atomic E-state index is 12.5. The fourth-order valence-corrected chi connectivity index (χ4v) is 3.25. The molecule has 1 amide bonds. The second-order valence-electron chi connectivity index (χ2n) is 4.80. The van der Waals surface area contributed by atoms with Crippen molar-refractivity contribution in [1.82, 2.24) is 5.32 Å². The number of rotatable bonds is 4. The topological polar surface area (TPSA) is 76.7 Å². The summed E-state index contributed by atoms with van der Waals surface area (Å²) >= 11 is 1.59. The Hall–Kier alpha value is -2.34. The smallest absolute Gasteiger partial charge is 0.259 e. The van der Waals surface area contributed by atoms with E-state index < -0.39 is 5.54 Å². The van der Waals surface area contributed by atoms with Crippen molar-refractivity contribution in [2.24, 2.45) is 10.7 Å². The Morgan fingerprint density at radius 2 is 2.24 bits per heavy atom. The fourth-order valence-electron chi connectivity index (χ4n) is 2.47. The lowest BCUT2D eigenvalue weighted by Gasteiger charge is -2.23. The molecule has 21 heavy (non-hydrogen) atoms. The van der Waals surface area contributed by atoms with Crippen LogP contribution in [0.3, 0.4) is 0 Å². The van der Waals surface area contributed by atoms with Crippen LogP contribution in [0.2, 0.25) is 0 Å². The number of amides is 1. The first-order valence-electron chi connectivity index (χ1n) is 6.48. The standard InChI is InChI=1S/C15H15N3O2S/c1-20-11-5-2-4-10(8-11)15(9-12-6-3-7-21-12)13(19)17-14(16)18-15/h2-8H,9H2,1H3,(H3,16,17,18,19). The summed E-state index contributed by atoms with van der Waals surface area (Å²) in [5.74, 6) is 0.632. The number of ether oxygens (including phenoxy) is 1. The van der Waals surface area contributed by atoms with Crippen LogP contribution in [0.4, 0.5) is 0 Å². The molecule has 0 fully saturated rings. The van der Waals surface area contributed by atoms with Crippen molar-refractivity contribution in [2.45, 2.75) is 12.0 Å². The SMILES string of the molecule is COc1cccc(C2(Cc3cccs3)N=C(N)NC2=O)c1. The van der Waals surface area contributed by atoms with E-state index in [0.717, 1.165) is 10.4 Å². The van der Waals surface area contributed by atoms with Gasteiger partial charge in [-0.2, -0.15) is 0 Å². The second kappa shape index (κ2) is 5.21. The van der Waals surface area contributed by atoms with Gasteiger partial charge in [-0.15, -0.1) is 11.3 Å². The summed E-state index contributed by atoms with van der Waals surface area (Å²) < 4.78 is 5.25. The van der Waals surface area contributed by atoms with Gasteiger partial charge in [-0.1, -0.05) is 18.2 Å². The monoisotopic (exact) mass is 301 g/mol. The van der Waals surface area contributed by atoms with Crippen LogP contribution in [0.15, 0.2) is 46.8 Å². The van der Waals surface area contributed by atoms with Gasteiger partial charge in [0.2, 0.25) is 0 Å². The summed E-state index contributed by atoms with van der Waals surface area (Å²) in [5, 5.41) is 4.59. The van der Waals surface area contributed by atoms with Crippen LogP contribution >= 0.6 is 11.3 Å². The summed E-state index contributed by atoms with van der Waals surface area (Å²) in [4.78, 5) is 18.0. The largest absolute Gasteiger partial charge is 0.497 e. The summed E-state index contributed by atoms with van der Waals surface area (Å²) in [6.07, 6.45) is 0.477. The number of hydrogen-bond donors (Lipinski definition) is 2. The molecule has 6 heteroatoms. The minimum absolute atomic E-state index is 0.152. The van der Waals surface area contributed by atoms with E-state index in [9.17, 15) is 4.79 Å². The van der Waals surface area contributed by atoms with Gasteiger partial charge in [-0.05, 0) is 29.1 Å². The summed E-state index contributed by atoms with van der Waals surface area (Å²) in [7, 11) is 1.59. The molecule has 2 heterocycles. The van der Waals surface area contributed by atoms with Crippen molar-refractivity contribution >= 4 is 23.2 Å². The minimum atomic E-state index is -1.02. The van der Waals surface area contributed by atoms with Gasteiger partial charge in [0.15, 0.2) is 11.5 Å². The Balaban J connectivity index is 2.10. The van der Waals surface area contributed by atoms with Crippen LogP contribution in [0.1, 0.15) is 10.4 Å². The molecule has 3 rings (SSSR count). The van der Waals surface area contributed by atoms with Gasteiger partial charge in [0, 0.05) is 11.3 Å². The zero-order valence-electron chi connectivity index (χ0n) is 11.5. The van der Waals surface area contributed by atoms with Gasteiger partial charge in [-0.3, -0.25) is 10.1 Å². The second-order valence-corrected chi connectivity index (χ2v) is 5.83. The molecule has 0 spiro atoms. The Bertz CT molecular complexity index is 697. The van der Waals surface area contributed by atoms with Crippen molar-refractivity contribution in [3.8, 4) is 5.75 Å². The number of methoxy groups -OCH3 is 1. The molecule has 1 aromatic heterocycles. The lowest BCUT2D eigenvalue weighted by atomic mass is 9.86. The molecule has 2 aromatic rings. The third-order valence-electron chi connectivity index (χ3n) is 3.49. The third kappa shape index (κ3) is 2.38. The molecule has 3 N–H and O–H groups in total. The van der Waals surface area contributed by atoms with Crippen LogP contribution in [-0.2, 0) is 16.8 Å². The maximum absolute atomic E-state index is 12.5. The minimum Gasteiger partial charge on any atom is -0.497 e. The average Bonchev–Trinajstić information content (AvgIpc) is 3.08. The molecule has 1 aromatic carbocycles. The number of carbonyl (C=O) groups excluding carboxylic acids is 1. The Kier molecular flexibility index (Phi) is 3.39. The highest BCUT2D eigenvalue weighted by Gasteiger charge is 2.45. The number of carbonyl (C=O) groups is 1. The normalized spacial score (nSPS) is 21.0. The number of nitrogens with one attached hydrogen (secondary N) is 1. The summed E-state index contributed by atoms with van der Waals surface area (Å²) in [6, 6.07) is 11.3. The molecule has 0 radical (unpaired) electrons. The molecule has 0 aliphatic carbocycles. The molecule has 1 unspecified atom stereocenters. The van der Waals surface area contributed by atoms with Gasteiger partial charge in [0.25, 0.3) is 5.91 Å². The van der Waals surface area contributed by atoms with E-state index in [4.69, 9.17) is 10.5 Å². The lowest BCUT2D eigenvalue weighted by molar-refractivity contribution is -0.124. The van der Waals surface area contributed by atoms with E-state index in [1.54, 1.807) is 18.4 Å². The van der Waals surface area contributed by atoms with E-state index in [1.165, 1.54) is 0 Å². The molecule has 108 valence electrons. The van der Waals surface area contributed by atoms with E-state index in [1.807, 2.05) is 41.8 Å². The lowest BCUT2D eigenvalue weighted by Crippen LogP contribution is -2.40. The quantitative estimate of drug-likeness (QED) is 0.901. The van der Waals surface area contributed by atoms with E-state index in [-0.39, 0.29) is 11.9 Å². The highest BCUT2D eigenvalue weighted by atomic mass is 32.1. The number of thiophene rings is 1. The predicted octanol–water partition coefficient (Wildman–Crippen LogP) is 1.64. The highest BCUT2D eigenvalue weighted by molar-refractivity contribution is 7.09. The van der Waals surface area contributed by atoms with Crippen LogP contribution in [-0.4, -0.2) is 19.0 Å². The molecular formula is C15H15N3O2S. The van der Waals surface area contributed by atoms with Gasteiger partial charge in [0.05, 0.1) is 7.11 Å². The highest BCUT2D eigenvalue weighted by Crippen LogP contribution is 2.35. The molecule has 5 nitrogen and oxygen atoms in total. The molecule has 1 atom stereocenters. The molecular weight excluding hydrogens is 286 g/mol. The first-order valence-corrected chi connectivity index (χ1v) is 7.36. The molecule has 1 aliphatic heterocycles. The average molecular weight is 301 g/mol. The van der Waals surface area contributed by atoms with E-state index >= 15 is 0 Å². The molecule has 0 bridgehead atoms. The Morgan fingerprint density at radius 3 is 2.86 bits per heavy atom. The number of hydrogen-bond acceptors (Lipinski definition) is 5. The van der Waals surface area contributed by atoms with E-state index in [0.29, 0.717) is 12.2 Å². The summed E-state index contributed by atoms with van der Waals surface area (Å²) in [6.45, 7) is 0. The van der Waals surface area contributed by atoms with Crippen molar-refractivity contribution in [2.75, 3.05) is 7.11 Å². The van der Waals surface area contributed by atoms with Crippen LogP contribution in [0, 0.1) is 0 Å². The predicted molar refractivity (Wildman–Crippen MR) is 82.5 cm³/mol. The number of benzene rings is 1. The number of aliphatic imine (C=N–C) groups is 1. The number of guanidine groups is 1. The zero-order valence-corrected chi connectivity index (χ0v) is 12.3. The van der Waals surface area contributed by atoms with Crippen molar-refractivity contribution in [3.05, 3.63) is 52.2 Å². The van der Waals surface area contributed by atoms with Crippen LogP contribution in [0.25, 0.3) is 0 Å². The number of nitrogens with zero attached hydrogens (tertiary/aromatic N) is 1. The molecule has 1 aliphatic rings. The van der Waals surface area contributed by atoms with Gasteiger partial charge in [0.1, 0.15) is 5.75 Å². The maximum Gasteiger partial charge on any atom is 0.259 e. The summed E-state index contributed by atoms with van der Waals surface area (Å²) in [5.41, 5.74) is 5.47. The Morgan fingerprint density at radius 1 is 1.38 bits per heavy atom. The van der Waals surface area contributed by atoms with Crippen LogP contribution in [0.5, 0.6) is 5.75 Å². The number of nitrogens with two attached hydrogens (primary N) is 1. The van der Waals surface area contributed by atoms with Crippen molar-refractivity contribution < 1.29 is 9.53 Å². The third-order valence-corrected chi connectivity index (χ3v) is 4.36. The van der Waals surface area contributed by atoms with Gasteiger partial charge < -0.3 is 10.5 Å². The van der Waals surface area contributed by atoms with Crippen molar-refractivity contribution in [3.63, 3.8) is 0 Å². The fraction of sp³-hybridized carbons (Fsp3) is 0.200. The zero-order chi connectivity index (χ0) is 14.9. The first kappa shape index (κ1) is 13.6. The van der Waals surface area contributed by atoms with Gasteiger partial charge >= 0.3 is 0 Å². The van der Waals surface area contributed by atoms with Gasteiger partial charge in [-0.25, -0.2) is 4.99 Å².